The lowest BCUT2D eigenvalue weighted by Crippen LogP contribution is -2.45. The van der Waals surface area contributed by atoms with Crippen molar-refractivity contribution >= 4 is 40.8 Å². The third-order valence-electron chi connectivity index (χ3n) is 6.63. The largest absolute Gasteiger partial charge is 0.478 e. The molecule has 0 aromatic carbocycles. The van der Waals surface area contributed by atoms with E-state index in [0.717, 1.165) is 48.0 Å². The van der Waals surface area contributed by atoms with Crippen LogP contribution in [0.25, 0.3) is 11.7 Å². The molecule has 0 aliphatic carbocycles. The number of aryl methyl sites for hydroxylation is 2. The van der Waals surface area contributed by atoms with E-state index >= 15 is 0 Å². The fraction of sp³-hybridized carbons (Fsp3) is 0.444. The van der Waals surface area contributed by atoms with Gasteiger partial charge in [0.15, 0.2) is 0 Å². The number of rotatable bonds is 10. The van der Waals surface area contributed by atoms with Gasteiger partial charge in [0, 0.05) is 50.3 Å². The number of piperidine rings is 1. The van der Waals surface area contributed by atoms with E-state index in [2.05, 4.69) is 24.5 Å². The molecule has 1 amide bonds. The summed E-state index contributed by atoms with van der Waals surface area (Å²) < 4.78 is 1.43. The van der Waals surface area contributed by atoms with Crippen molar-refractivity contribution < 1.29 is 14.7 Å². The topological polar surface area (TPSA) is 143 Å². The van der Waals surface area contributed by atoms with E-state index in [-0.39, 0.29) is 22.9 Å². The Morgan fingerprint density at radius 2 is 2.13 bits per heavy atom. The Balaban J connectivity index is 1.66. The maximum Gasteiger partial charge on any atom is 0.328 e. The molecule has 4 rings (SSSR count). The summed E-state index contributed by atoms with van der Waals surface area (Å²) in [5.41, 5.74) is 7.95. The Morgan fingerprint density at radius 3 is 2.84 bits per heavy atom. The normalized spacial score (nSPS) is 16.0. The number of aromatic nitrogens is 3. The van der Waals surface area contributed by atoms with Crippen LogP contribution < -0.4 is 21.5 Å². The van der Waals surface area contributed by atoms with Crippen LogP contribution in [0, 0.1) is 5.92 Å². The van der Waals surface area contributed by atoms with E-state index in [0.29, 0.717) is 43.6 Å². The highest BCUT2D eigenvalue weighted by Crippen LogP contribution is 2.26. The molecular weight excluding hydrogens is 504 g/mol. The molecule has 1 fully saturated rings. The zero-order valence-corrected chi connectivity index (χ0v) is 22.5. The molecule has 0 spiro atoms. The fourth-order valence-electron chi connectivity index (χ4n) is 4.56. The zero-order valence-electron chi connectivity index (χ0n) is 21.7. The Morgan fingerprint density at radius 1 is 1.32 bits per heavy atom. The summed E-state index contributed by atoms with van der Waals surface area (Å²) >= 11 is 1.66. The molecule has 1 saturated heterocycles. The second kappa shape index (κ2) is 12.3. The smallest absolute Gasteiger partial charge is 0.328 e. The average Bonchev–Trinajstić information content (AvgIpc) is 3.39. The predicted molar refractivity (Wildman–Crippen MR) is 149 cm³/mol. The van der Waals surface area contributed by atoms with E-state index in [1.165, 1.54) is 10.5 Å². The van der Waals surface area contributed by atoms with Crippen LogP contribution in [0.4, 0.5) is 5.82 Å². The predicted octanol–water partition coefficient (Wildman–Crippen LogP) is 2.45. The minimum Gasteiger partial charge on any atom is -0.478 e. The third kappa shape index (κ3) is 6.46. The summed E-state index contributed by atoms with van der Waals surface area (Å²) in [6.45, 7) is 6.01. The molecule has 10 nitrogen and oxygen atoms in total. The number of nitrogens with one attached hydrogen (secondary N) is 1. The summed E-state index contributed by atoms with van der Waals surface area (Å²) in [4.78, 5) is 48.8. The quantitative estimate of drug-likeness (QED) is 0.334. The van der Waals surface area contributed by atoms with Crippen LogP contribution in [0.1, 0.15) is 54.4 Å². The number of carbonyl (C=O) groups is 2. The van der Waals surface area contributed by atoms with Crippen LogP contribution in [0.5, 0.6) is 0 Å². The second-order valence-corrected chi connectivity index (χ2v) is 10.7. The first-order valence-corrected chi connectivity index (χ1v) is 13.8. The number of carboxylic acid groups (broad SMARTS) is 1. The molecule has 3 aromatic heterocycles. The highest BCUT2D eigenvalue weighted by atomic mass is 32.1. The fourth-order valence-corrected chi connectivity index (χ4v) is 5.52. The van der Waals surface area contributed by atoms with Gasteiger partial charge in [-0.05, 0) is 49.0 Å². The Hall–Kier alpha value is -3.57. The number of amides is 1. The van der Waals surface area contributed by atoms with Gasteiger partial charge in [-0.1, -0.05) is 13.8 Å². The number of carbonyl (C=O) groups excluding carboxylic acids is 1. The van der Waals surface area contributed by atoms with Gasteiger partial charge in [-0.25, -0.2) is 14.8 Å². The monoisotopic (exact) mass is 538 g/mol. The van der Waals surface area contributed by atoms with Crippen LogP contribution in [-0.2, 0) is 22.4 Å². The molecule has 202 valence electrons. The van der Waals surface area contributed by atoms with Crippen LogP contribution in [0.15, 0.2) is 34.6 Å². The molecule has 1 aliphatic heterocycles. The van der Waals surface area contributed by atoms with Crippen molar-refractivity contribution in [2.45, 2.75) is 45.4 Å². The van der Waals surface area contributed by atoms with E-state index in [1.54, 1.807) is 17.5 Å². The van der Waals surface area contributed by atoms with Crippen molar-refractivity contribution in [3.05, 3.63) is 62.0 Å². The number of hydrogen-bond donors (Lipinski definition) is 3. The molecule has 3 aromatic rings. The summed E-state index contributed by atoms with van der Waals surface area (Å²) in [5, 5.41) is 15.2. The lowest BCUT2D eigenvalue weighted by Gasteiger charge is -2.33. The number of nitrogens with two attached hydrogens (primary N) is 1. The number of nitrogens with zero attached hydrogens (tertiary/aromatic N) is 4. The van der Waals surface area contributed by atoms with Crippen LogP contribution in [-0.4, -0.2) is 57.5 Å². The molecule has 38 heavy (non-hydrogen) atoms. The van der Waals surface area contributed by atoms with Gasteiger partial charge >= 0.3 is 5.97 Å². The van der Waals surface area contributed by atoms with E-state index in [4.69, 9.17) is 15.7 Å². The van der Waals surface area contributed by atoms with Gasteiger partial charge in [-0.15, -0.1) is 11.3 Å². The van der Waals surface area contributed by atoms with Crippen molar-refractivity contribution in [1.29, 1.82) is 0 Å². The van der Waals surface area contributed by atoms with Crippen LogP contribution >= 0.6 is 11.3 Å². The summed E-state index contributed by atoms with van der Waals surface area (Å²) in [7, 11) is 0. The van der Waals surface area contributed by atoms with Crippen molar-refractivity contribution in [1.82, 2.24) is 19.7 Å². The third-order valence-corrected chi connectivity index (χ3v) is 7.55. The molecule has 1 aliphatic rings. The average molecular weight is 539 g/mol. The number of fused-ring (bicyclic) bond motifs is 1. The number of aliphatic carboxylic acids is 1. The first-order chi connectivity index (χ1) is 18.3. The van der Waals surface area contributed by atoms with Crippen molar-refractivity contribution in [3.8, 4) is 0 Å². The van der Waals surface area contributed by atoms with Crippen LogP contribution in [0.3, 0.4) is 0 Å². The molecule has 0 saturated carbocycles. The molecular formula is C27H34N6O4S. The molecule has 4 N–H and O–H groups in total. The highest BCUT2D eigenvalue weighted by molar-refractivity contribution is 7.09. The van der Waals surface area contributed by atoms with Gasteiger partial charge < -0.3 is 21.1 Å². The highest BCUT2D eigenvalue weighted by Gasteiger charge is 2.28. The Bertz CT molecular complexity index is 1400. The van der Waals surface area contributed by atoms with Crippen molar-refractivity contribution in [2.24, 2.45) is 11.7 Å². The molecule has 1 atom stereocenters. The number of hydrogen-bond acceptors (Lipinski definition) is 8. The summed E-state index contributed by atoms with van der Waals surface area (Å²) in [6.07, 6.45) is 6.92. The minimum absolute atomic E-state index is 0.0783. The van der Waals surface area contributed by atoms with Crippen molar-refractivity contribution in [2.75, 3.05) is 31.1 Å². The van der Waals surface area contributed by atoms with Gasteiger partial charge in [0.2, 0.25) is 5.91 Å². The van der Waals surface area contributed by atoms with Gasteiger partial charge in [0.25, 0.3) is 5.56 Å². The summed E-state index contributed by atoms with van der Waals surface area (Å²) in [5.74, 6) is -0.725. The number of thiazole rings is 1. The molecule has 1 unspecified atom stereocenters. The van der Waals surface area contributed by atoms with E-state index < -0.39 is 5.97 Å². The van der Waals surface area contributed by atoms with Gasteiger partial charge in [-0.2, -0.15) is 0 Å². The van der Waals surface area contributed by atoms with Crippen LogP contribution in [0.2, 0.25) is 0 Å². The van der Waals surface area contributed by atoms with Gasteiger partial charge in [-0.3, -0.25) is 14.0 Å². The summed E-state index contributed by atoms with van der Waals surface area (Å²) in [6, 6.07) is 3.78. The number of pyridine rings is 1. The van der Waals surface area contributed by atoms with Gasteiger partial charge in [0.1, 0.15) is 11.5 Å². The lowest BCUT2D eigenvalue weighted by molar-refractivity contribution is -0.131. The molecule has 0 bridgehead atoms. The van der Waals surface area contributed by atoms with Crippen molar-refractivity contribution in [3.63, 3.8) is 0 Å². The number of carboxylic acids is 1. The minimum atomic E-state index is -1.16. The van der Waals surface area contributed by atoms with E-state index in [1.807, 2.05) is 17.0 Å². The number of anilines is 1. The molecule has 0 radical (unpaired) electrons. The molecule has 11 heteroatoms. The SMILES string of the molecule is CC(C)c1csc(CCc2ccn3c(=O)c(C=CC(=O)O)c(N4CCCC(C(=O)NCCN)C4)nc3c2)n1. The first kappa shape index (κ1) is 27.5. The first-order valence-electron chi connectivity index (χ1n) is 12.9. The Kier molecular flexibility index (Phi) is 8.90. The maximum absolute atomic E-state index is 13.5. The second-order valence-electron chi connectivity index (χ2n) is 9.77. The molecule has 4 heterocycles. The zero-order chi connectivity index (χ0) is 27.2. The maximum atomic E-state index is 13.5. The van der Waals surface area contributed by atoms with E-state index in [9.17, 15) is 19.5 Å². The standard InChI is InChI=1S/C27H34N6O4S/c1-17(2)21-16-38-23(30-21)7-5-18-9-13-33-22(14-18)31-25(20(27(33)37)6-8-24(34)35)32-12-3-4-19(15-32)26(36)29-11-10-28/h6,8-9,13-14,16-17,19H,3-5,7,10-12,15,28H2,1-2H3,(H,29,36)(H,34,35). The van der Waals surface area contributed by atoms with Gasteiger partial charge in [0.05, 0.1) is 22.2 Å². The Labute approximate surface area is 225 Å². The lowest BCUT2D eigenvalue weighted by atomic mass is 9.96.